The van der Waals surface area contributed by atoms with Crippen LogP contribution in [-0.4, -0.2) is 32.9 Å². The van der Waals surface area contributed by atoms with E-state index in [1.54, 1.807) is 0 Å². The van der Waals surface area contributed by atoms with Crippen LogP contribution in [0, 0.1) is 17.3 Å². The van der Waals surface area contributed by atoms with Gasteiger partial charge in [0.15, 0.2) is 0 Å². The Labute approximate surface area is 96.0 Å². The maximum atomic E-state index is 6.56. The number of likely N-dealkylation sites (tertiary alicyclic amines) is 1. The maximum absolute atomic E-state index is 6.56. The Hall–Kier alpha value is 0.0249. The second-order valence-electron chi connectivity index (χ2n) is 6.72. The third kappa shape index (κ3) is 1.86. The average Bonchev–Trinajstić information content (AvgIpc) is 2.17. The third-order valence-electron chi connectivity index (χ3n) is 4.67. The largest absolute Gasteiger partial charge is 0.306 e. The van der Waals surface area contributed by atoms with Gasteiger partial charge in [0, 0.05) is 6.54 Å². The molecule has 1 aliphatic carbocycles. The lowest BCUT2D eigenvalue weighted by atomic mass is 9.48. The van der Waals surface area contributed by atoms with Gasteiger partial charge in [-0.1, -0.05) is 20.8 Å². The summed E-state index contributed by atoms with van der Waals surface area (Å²) in [5.41, 5.74) is 0.388. The zero-order chi connectivity index (χ0) is 11.3. The Bertz CT molecular complexity index is 239. The van der Waals surface area contributed by atoms with Gasteiger partial charge in [0.1, 0.15) is 0 Å². The molecular weight excluding hydrogens is 181 g/mol. The minimum absolute atomic E-state index is 0.0185. The fourth-order valence-corrected chi connectivity index (χ4v) is 4.35. The van der Waals surface area contributed by atoms with Crippen LogP contribution in [0.4, 0.5) is 0 Å². The van der Waals surface area contributed by atoms with Crippen molar-refractivity contribution in [1.82, 2.24) is 4.90 Å². The molecule has 15 heavy (non-hydrogen) atoms. The van der Waals surface area contributed by atoms with Crippen molar-refractivity contribution >= 4 is 7.85 Å². The van der Waals surface area contributed by atoms with E-state index in [0.29, 0.717) is 5.41 Å². The van der Waals surface area contributed by atoms with Crippen LogP contribution in [0.3, 0.4) is 0 Å². The molecule has 84 valence electrons. The van der Waals surface area contributed by atoms with E-state index in [1.165, 1.54) is 25.8 Å². The van der Waals surface area contributed by atoms with Gasteiger partial charge in [-0.25, -0.2) is 0 Å². The first kappa shape index (κ1) is 11.5. The predicted molar refractivity (Wildman–Crippen MR) is 66.2 cm³/mol. The number of rotatable bonds is 0. The topological polar surface area (TPSA) is 3.24 Å². The van der Waals surface area contributed by atoms with E-state index in [9.17, 15) is 0 Å². The van der Waals surface area contributed by atoms with Crippen molar-refractivity contribution in [3.8, 4) is 0 Å². The Balaban J connectivity index is 2.24. The molecule has 0 aromatic rings. The predicted octanol–water partition coefficient (Wildman–Crippen LogP) is 2.72. The van der Waals surface area contributed by atoms with Crippen LogP contribution < -0.4 is 0 Å². The zero-order valence-corrected chi connectivity index (χ0v) is 10.7. The molecule has 0 N–H and O–H groups in total. The van der Waals surface area contributed by atoms with Gasteiger partial charge in [-0.15, -0.1) is 0 Å². The fraction of sp³-hybridized carbons (Fsp3) is 1.00. The standard InChI is InChI=1S/C13H24BN/c1-10-5-11(2)7-13(6-10)9-15(4)8-12(13,3)14/h10-11H,5-9H2,1-4H3. The van der Waals surface area contributed by atoms with Crippen molar-refractivity contribution in [3.05, 3.63) is 0 Å². The zero-order valence-electron chi connectivity index (χ0n) is 10.7. The molecule has 2 radical (unpaired) electrons. The van der Waals surface area contributed by atoms with Crippen LogP contribution in [-0.2, 0) is 0 Å². The molecule has 1 spiro atoms. The molecule has 1 nitrogen and oxygen atoms in total. The van der Waals surface area contributed by atoms with E-state index in [-0.39, 0.29) is 5.31 Å². The SMILES string of the molecule is [B]C1(C)CN(C)CC12CC(C)CC(C)C2. The Morgan fingerprint density at radius 1 is 1.13 bits per heavy atom. The number of hydrogen-bond acceptors (Lipinski definition) is 1. The Morgan fingerprint density at radius 2 is 1.67 bits per heavy atom. The summed E-state index contributed by atoms with van der Waals surface area (Å²) in [7, 11) is 8.77. The van der Waals surface area contributed by atoms with Crippen molar-refractivity contribution in [2.45, 2.75) is 45.3 Å². The number of nitrogens with zero attached hydrogens (tertiary/aromatic N) is 1. The monoisotopic (exact) mass is 205 g/mol. The molecule has 2 aliphatic rings. The molecule has 2 heteroatoms. The van der Waals surface area contributed by atoms with Crippen LogP contribution in [0.5, 0.6) is 0 Å². The van der Waals surface area contributed by atoms with Gasteiger partial charge in [-0.3, -0.25) is 0 Å². The summed E-state index contributed by atoms with van der Waals surface area (Å²) >= 11 is 0. The molecule has 1 aliphatic heterocycles. The number of hydrogen-bond donors (Lipinski definition) is 0. The lowest BCUT2D eigenvalue weighted by molar-refractivity contribution is 0.0878. The van der Waals surface area contributed by atoms with Crippen molar-refractivity contribution in [2.75, 3.05) is 20.1 Å². The third-order valence-corrected chi connectivity index (χ3v) is 4.67. The summed E-state index contributed by atoms with van der Waals surface area (Å²) in [6.45, 7) is 9.32. The van der Waals surface area contributed by atoms with Gasteiger partial charge in [0.2, 0.25) is 0 Å². The first-order valence-corrected chi connectivity index (χ1v) is 6.32. The molecule has 0 aromatic carbocycles. The molecule has 0 aromatic heterocycles. The van der Waals surface area contributed by atoms with Gasteiger partial charge in [0.25, 0.3) is 0 Å². The fourth-order valence-electron chi connectivity index (χ4n) is 4.35. The van der Waals surface area contributed by atoms with E-state index in [1.807, 2.05) is 0 Å². The van der Waals surface area contributed by atoms with Crippen LogP contribution in [0.15, 0.2) is 0 Å². The molecular formula is C13H24BN. The van der Waals surface area contributed by atoms with Crippen LogP contribution in [0.25, 0.3) is 0 Å². The summed E-state index contributed by atoms with van der Waals surface area (Å²) in [5.74, 6) is 1.70. The van der Waals surface area contributed by atoms with E-state index < -0.39 is 0 Å². The molecule has 1 saturated carbocycles. The summed E-state index contributed by atoms with van der Waals surface area (Å²) in [6, 6.07) is 0. The van der Waals surface area contributed by atoms with Crippen molar-refractivity contribution < 1.29 is 0 Å². The average molecular weight is 205 g/mol. The molecule has 3 unspecified atom stereocenters. The van der Waals surface area contributed by atoms with Crippen molar-refractivity contribution in [1.29, 1.82) is 0 Å². The molecule has 1 heterocycles. The van der Waals surface area contributed by atoms with Gasteiger partial charge in [-0.2, -0.15) is 0 Å². The van der Waals surface area contributed by atoms with E-state index in [0.717, 1.165) is 18.4 Å². The molecule has 3 atom stereocenters. The van der Waals surface area contributed by atoms with E-state index in [2.05, 4.69) is 32.7 Å². The van der Waals surface area contributed by atoms with E-state index >= 15 is 0 Å². The smallest absolute Gasteiger partial charge is 0.0768 e. The Kier molecular flexibility index (Phi) is 2.70. The quantitative estimate of drug-likeness (QED) is 0.549. The van der Waals surface area contributed by atoms with Gasteiger partial charge >= 0.3 is 0 Å². The minimum Gasteiger partial charge on any atom is -0.306 e. The maximum Gasteiger partial charge on any atom is 0.0768 e. The van der Waals surface area contributed by atoms with Gasteiger partial charge in [0.05, 0.1) is 7.85 Å². The second-order valence-corrected chi connectivity index (χ2v) is 6.72. The normalized spacial score (nSPS) is 52.5. The lowest BCUT2D eigenvalue weighted by Gasteiger charge is -2.48. The first-order chi connectivity index (χ1) is 6.85. The molecule has 2 fully saturated rings. The molecule has 0 bridgehead atoms. The molecule has 0 amide bonds. The van der Waals surface area contributed by atoms with Gasteiger partial charge < -0.3 is 4.90 Å². The lowest BCUT2D eigenvalue weighted by Crippen LogP contribution is -2.40. The van der Waals surface area contributed by atoms with Crippen LogP contribution in [0.1, 0.15) is 40.0 Å². The van der Waals surface area contributed by atoms with Crippen molar-refractivity contribution in [3.63, 3.8) is 0 Å². The highest BCUT2D eigenvalue weighted by Gasteiger charge is 2.52. The van der Waals surface area contributed by atoms with E-state index in [4.69, 9.17) is 7.85 Å². The first-order valence-electron chi connectivity index (χ1n) is 6.32. The van der Waals surface area contributed by atoms with Crippen LogP contribution >= 0.6 is 0 Å². The van der Waals surface area contributed by atoms with Crippen molar-refractivity contribution in [2.24, 2.45) is 17.3 Å². The van der Waals surface area contributed by atoms with Crippen LogP contribution in [0.2, 0.25) is 5.31 Å². The summed E-state index contributed by atoms with van der Waals surface area (Å²) in [4.78, 5) is 2.42. The summed E-state index contributed by atoms with van der Waals surface area (Å²) < 4.78 is 0. The second kappa shape index (κ2) is 3.51. The molecule has 1 saturated heterocycles. The molecule has 2 rings (SSSR count). The highest BCUT2D eigenvalue weighted by Crippen LogP contribution is 2.59. The summed E-state index contributed by atoms with van der Waals surface area (Å²) in [6.07, 6.45) is 4.05. The highest BCUT2D eigenvalue weighted by atomic mass is 15.1. The Morgan fingerprint density at radius 3 is 2.07 bits per heavy atom. The van der Waals surface area contributed by atoms with Gasteiger partial charge in [-0.05, 0) is 55.4 Å². The minimum atomic E-state index is 0.0185. The highest BCUT2D eigenvalue weighted by molar-refractivity contribution is 6.16. The summed E-state index contributed by atoms with van der Waals surface area (Å²) in [5, 5.41) is 0.0185.